The Labute approximate surface area is 209 Å². The Balaban J connectivity index is 1.36. The number of fused-ring (bicyclic) bond motifs is 5. The number of rotatable bonds is 2. The Kier molecular flexibility index (Phi) is 5.82. The number of likely N-dealkylation sites (N-methyl/N-ethyl adjacent to an activating group) is 1. The number of carbonyl (C=O) groups excluding carboxylic acids is 2. The highest BCUT2D eigenvalue weighted by atomic mass is 35.5. The summed E-state index contributed by atoms with van der Waals surface area (Å²) in [7, 11) is 1.90. The van der Waals surface area contributed by atoms with Crippen LogP contribution in [-0.2, 0) is 15.8 Å². The molecule has 0 unspecified atom stereocenters. The van der Waals surface area contributed by atoms with Gasteiger partial charge in [-0.3, -0.25) is 9.59 Å². The maximum atomic E-state index is 13.4. The first-order valence-electron chi connectivity index (χ1n) is 12.5. The van der Waals surface area contributed by atoms with Gasteiger partial charge in [-0.05, 0) is 86.0 Å². The van der Waals surface area contributed by atoms with Crippen molar-refractivity contribution in [3.8, 4) is 0 Å². The minimum Gasteiger partial charge on any atom is -0.338 e. The van der Waals surface area contributed by atoms with E-state index in [1.807, 2.05) is 11.9 Å². The van der Waals surface area contributed by atoms with Crippen molar-refractivity contribution >= 4 is 29.1 Å². The van der Waals surface area contributed by atoms with Crippen LogP contribution in [0.1, 0.15) is 57.9 Å². The van der Waals surface area contributed by atoms with E-state index in [0.717, 1.165) is 44.6 Å². The summed E-state index contributed by atoms with van der Waals surface area (Å²) < 4.78 is 39.8. The topological polar surface area (TPSA) is 49.4 Å². The molecule has 35 heavy (non-hydrogen) atoms. The quantitative estimate of drug-likeness (QED) is 0.492. The highest BCUT2D eigenvalue weighted by Crippen LogP contribution is 2.65. The van der Waals surface area contributed by atoms with Crippen LogP contribution in [-0.4, -0.2) is 29.8 Å². The third-order valence-corrected chi connectivity index (χ3v) is 10.3. The Morgan fingerprint density at radius 1 is 1.11 bits per heavy atom. The molecule has 1 aromatic carbocycles. The molecular formula is C27H32ClF3N2O2. The van der Waals surface area contributed by atoms with Crippen molar-refractivity contribution in [3.63, 3.8) is 0 Å². The number of halogens is 4. The van der Waals surface area contributed by atoms with Crippen molar-refractivity contribution in [1.82, 2.24) is 4.90 Å². The summed E-state index contributed by atoms with van der Waals surface area (Å²) in [6, 6.07) is 3.74. The Morgan fingerprint density at radius 3 is 2.57 bits per heavy atom. The molecule has 2 amide bonds. The summed E-state index contributed by atoms with van der Waals surface area (Å²) in [6.45, 7) is 4.49. The molecule has 3 aliphatic carbocycles. The van der Waals surface area contributed by atoms with Gasteiger partial charge in [0.1, 0.15) is 0 Å². The monoisotopic (exact) mass is 508 g/mol. The van der Waals surface area contributed by atoms with E-state index in [0.29, 0.717) is 17.8 Å². The van der Waals surface area contributed by atoms with Crippen molar-refractivity contribution < 1.29 is 22.8 Å². The highest BCUT2D eigenvalue weighted by molar-refractivity contribution is 6.31. The van der Waals surface area contributed by atoms with Crippen molar-refractivity contribution in [2.24, 2.45) is 34.5 Å². The first kappa shape index (κ1) is 24.7. The number of amides is 2. The minimum atomic E-state index is -4.58. The summed E-state index contributed by atoms with van der Waals surface area (Å²) in [5.74, 6) is 0.953. The molecule has 8 heteroatoms. The van der Waals surface area contributed by atoms with Crippen molar-refractivity contribution in [2.75, 3.05) is 12.4 Å². The molecule has 4 aliphatic rings. The van der Waals surface area contributed by atoms with E-state index >= 15 is 0 Å². The van der Waals surface area contributed by atoms with Gasteiger partial charge >= 0.3 is 6.18 Å². The summed E-state index contributed by atoms with van der Waals surface area (Å²) in [4.78, 5) is 27.5. The zero-order valence-electron chi connectivity index (χ0n) is 20.3. The third-order valence-electron chi connectivity index (χ3n) is 9.98. The predicted molar refractivity (Wildman–Crippen MR) is 129 cm³/mol. The van der Waals surface area contributed by atoms with Crippen LogP contribution in [0.2, 0.25) is 5.02 Å². The van der Waals surface area contributed by atoms with Gasteiger partial charge in [0.15, 0.2) is 0 Å². The van der Waals surface area contributed by atoms with Crippen LogP contribution >= 0.6 is 11.6 Å². The number of carbonyl (C=O) groups is 2. The molecule has 0 bridgehead atoms. The molecule has 0 radical (unpaired) electrons. The lowest BCUT2D eigenvalue weighted by Gasteiger charge is -2.60. The van der Waals surface area contributed by atoms with E-state index < -0.39 is 11.7 Å². The fourth-order valence-electron chi connectivity index (χ4n) is 8.22. The second kappa shape index (κ2) is 8.25. The zero-order valence-corrected chi connectivity index (χ0v) is 21.0. The Bertz CT molecular complexity index is 1090. The fourth-order valence-corrected chi connectivity index (χ4v) is 8.44. The van der Waals surface area contributed by atoms with Gasteiger partial charge in [0.2, 0.25) is 11.8 Å². The fraction of sp³-hybridized carbons (Fsp3) is 0.630. The SMILES string of the molecule is CN1C(=O)C=C[C@]2(C)[C@H]3CC[C@]4(C)[C@@H](C(=O)Nc5ccc(Cl)c(C(F)(F)F)c5)CC[C@H]4[C@@H]3CC[C@@H]12. The molecule has 190 valence electrons. The van der Waals surface area contributed by atoms with Crippen LogP contribution in [0, 0.1) is 34.5 Å². The number of alkyl halides is 3. The molecule has 1 aromatic rings. The highest BCUT2D eigenvalue weighted by Gasteiger charge is 2.61. The summed E-state index contributed by atoms with van der Waals surface area (Å²) >= 11 is 5.74. The van der Waals surface area contributed by atoms with Gasteiger partial charge < -0.3 is 10.2 Å². The second-order valence-corrected chi connectivity index (χ2v) is 11.9. The van der Waals surface area contributed by atoms with Crippen LogP contribution in [0.3, 0.4) is 0 Å². The molecule has 1 N–H and O–H groups in total. The molecule has 1 heterocycles. The molecule has 3 fully saturated rings. The van der Waals surface area contributed by atoms with E-state index in [1.165, 1.54) is 12.1 Å². The molecule has 0 aromatic heterocycles. The first-order chi connectivity index (χ1) is 16.4. The van der Waals surface area contributed by atoms with Crippen LogP contribution in [0.25, 0.3) is 0 Å². The number of nitrogens with one attached hydrogen (secondary N) is 1. The standard InChI is InChI=1S/C27H32ClF3N2O2/c1-25-12-10-18-16(5-9-22-26(18,2)13-11-23(34)33(22)3)17(25)6-7-19(25)24(35)32-15-4-8-21(28)20(14-15)27(29,30)31/h4,8,11,13-14,16-19,22H,5-7,9-10,12H2,1-3H3,(H,32,35)/t16-,17-,18-,19+,22+,25-,26+/m0/s1. The summed E-state index contributed by atoms with van der Waals surface area (Å²) in [6.07, 6.45) is 4.85. The van der Waals surface area contributed by atoms with Gasteiger partial charge in [-0.15, -0.1) is 0 Å². The average molecular weight is 509 g/mol. The van der Waals surface area contributed by atoms with Crippen LogP contribution < -0.4 is 5.32 Å². The Morgan fingerprint density at radius 2 is 1.86 bits per heavy atom. The van der Waals surface area contributed by atoms with Gasteiger partial charge in [-0.2, -0.15) is 13.2 Å². The molecule has 0 saturated heterocycles. The molecular weight excluding hydrogens is 477 g/mol. The molecule has 0 spiro atoms. The molecule has 3 saturated carbocycles. The van der Waals surface area contributed by atoms with Gasteiger partial charge in [0, 0.05) is 30.1 Å². The van der Waals surface area contributed by atoms with Gasteiger partial charge in [0.05, 0.1) is 10.6 Å². The van der Waals surface area contributed by atoms with Crippen LogP contribution in [0.15, 0.2) is 30.4 Å². The lowest BCUT2D eigenvalue weighted by atomic mass is 9.47. The van der Waals surface area contributed by atoms with Crippen molar-refractivity contribution in [1.29, 1.82) is 0 Å². The molecule has 5 rings (SSSR count). The second-order valence-electron chi connectivity index (χ2n) is 11.5. The van der Waals surface area contributed by atoms with E-state index in [1.54, 1.807) is 6.08 Å². The number of nitrogens with zero attached hydrogens (tertiary/aromatic N) is 1. The number of benzene rings is 1. The minimum absolute atomic E-state index is 0.0649. The maximum absolute atomic E-state index is 13.4. The van der Waals surface area contributed by atoms with Crippen LogP contribution in [0.5, 0.6) is 0 Å². The van der Waals surface area contributed by atoms with Crippen molar-refractivity contribution in [3.05, 3.63) is 40.9 Å². The molecule has 7 atom stereocenters. The van der Waals surface area contributed by atoms with E-state index in [-0.39, 0.29) is 45.3 Å². The van der Waals surface area contributed by atoms with Crippen LogP contribution in [0.4, 0.5) is 18.9 Å². The third kappa shape index (κ3) is 3.80. The average Bonchev–Trinajstić information content (AvgIpc) is 3.14. The zero-order chi connectivity index (χ0) is 25.3. The van der Waals surface area contributed by atoms with E-state index in [2.05, 4.69) is 25.2 Å². The largest absolute Gasteiger partial charge is 0.417 e. The summed E-state index contributed by atoms with van der Waals surface area (Å²) in [5.41, 5.74) is -1.07. The lowest BCUT2D eigenvalue weighted by Crippen LogP contribution is -2.59. The van der Waals surface area contributed by atoms with Crippen molar-refractivity contribution in [2.45, 2.75) is 64.6 Å². The normalized spacial score (nSPS) is 38.5. The first-order valence-corrected chi connectivity index (χ1v) is 12.9. The van der Waals surface area contributed by atoms with Gasteiger partial charge in [-0.1, -0.05) is 31.5 Å². The van der Waals surface area contributed by atoms with E-state index in [9.17, 15) is 22.8 Å². The number of hydrogen-bond donors (Lipinski definition) is 1. The smallest absolute Gasteiger partial charge is 0.338 e. The van der Waals surface area contributed by atoms with E-state index in [4.69, 9.17) is 11.6 Å². The number of hydrogen-bond acceptors (Lipinski definition) is 2. The van der Waals surface area contributed by atoms with Gasteiger partial charge in [0.25, 0.3) is 0 Å². The number of anilines is 1. The molecule has 1 aliphatic heterocycles. The summed E-state index contributed by atoms with van der Waals surface area (Å²) in [5, 5.41) is 2.38. The molecule has 4 nitrogen and oxygen atoms in total. The lowest BCUT2D eigenvalue weighted by molar-refractivity contribution is -0.141. The maximum Gasteiger partial charge on any atom is 0.417 e. The Hall–Kier alpha value is -2.02. The van der Waals surface area contributed by atoms with Gasteiger partial charge in [-0.25, -0.2) is 0 Å². The predicted octanol–water partition coefficient (Wildman–Crippen LogP) is 6.55.